The Morgan fingerprint density at radius 2 is 2.12 bits per heavy atom. The molecule has 1 aromatic carbocycles. The molecule has 0 amide bonds. The van der Waals surface area contributed by atoms with E-state index in [9.17, 15) is 9.50 Å². The molecule has 0 bridgehead atoms. The molecule has 0 spiro atoms. The monoisotopic (exact) mass is 254 g/mol. The zero-order valence-corrected chi connectivity index (χ0v) is 10.9. The summed E-state index contributed by atoms with van der Waals surface area (Å²) in [4.78, 5) is 0. The van der Waals surface area contributed by atoms with Gasteiger partial charge in [-0.05, 0) is 38.0 Å². The predicted octanol–water partition coefficient (Wildman–Crippen LogP) is 4.21. The summed E-state index contributed by atoms with van der Waals surface area (Å²) >= 11 is 5.75. The fourth-order valence-electron chi connectivity index (χ4n) is 1.82. The minimum Gasteiger partial charge on any atom is -0.389 e. The van der Waals surface area contributed by atoms with Gasteiger partial charge in [-0.25, -0.2) is 4.39 Å². The van der Waals surface area contributed by atoms with Crippen LogP contribution >= 0.6 is 11.6 Å². The number of hydrogen-bond acceptors (Lipinski definition) is 1. The van der Waals surface area contributed by atoms with Crippen molar-refractivity contribution in [3.63, 3.8) is 0 Å². The first kappa shape index (κ1) is 13.9. The maximum absolute atomic E-state index is 13.9. The number of aliphatic hydroxyl groups excluding tert-OH is 1. The van der Waals surface area contributed by atoms with Gasteiger partial charge >= 0.3 is 0 Å². The van der Waals surface area contributed by atoms with Crippen LogP contribution in [0.3, 0.4) is 0 Å². The van der Waals surface area contributed by atoms with Crippen LogP contribution in [0.5, 0.6) is 0 Å². The summed E-state index contributed by atoms with van der Waals surface area (Å²) in [5.74, 6) is -0.492. The van der Waals surface area contributed by atoms with Crippen LogP contribution < -0.4 is 0 Å². The zero-order valence-electron chi connectivity index (χ0n) is 10.2. The molecule has 0 saturated carbocycles. The third-order valence-corrected chi connectivity index (χ3v) is 2.79. The maximum Gasteiger partial charge on any atom is 0.149 e. The Morgan fingerprint density at radius 1 is 1.47 bits per heavy atom. The van der Waals surface area contributed by atoms with E-state index in [0.29, 0.717) is 11.1 Å². The quantitative estimate of drug-likeness (QED) is 0.801. The minimum absolute atomic E-state index is 0.0638. The van der Waals surface area contributed by atoms with Gasteiger partial charge in [0.15, 0.2) is 0 Å². The van der Waals surface area contributed by atoms with Gasteiger partial charge < -0.3 is 5.11 Å². The number of hydrogen-bond donors (Lipinski definition) is 1. The standard InChI is InChI=1S/C14H16ClFO/c1-4-6-9(2)13(10(3)17)11-7-5-8-12(15)14(11)16/h4-8,10,17H,1-3H3. The molecule has 0 saturated heterocycles. The van der Waals surface area contributed by atoms with E-state index in [0.717, 1.165) is 5.57 Å². The average molecular weight is 255 g/mol. The van der Waals surface area contributed by atoms with E-state index in [2.05, 4.69) is 0 Å². The van der Waals surface area contributed by atoms with Gasteiger partial charge in [0.25, 0.3) is 0 Å². The zero-order chi connectivity index (χ0) is 13.0. The Hall–Kier alpha value is -1.12. The molecule has 1 aromatic rings. The van der Waals surface area contributed by atoms with Crippen molar-refractivity contribution in [1.29, 1.82) is 0 Å². The first-order valence-corrected chi connectivity index (χ1v) is 5.82. The van der Waals surface area contributed by atoms with Crippen molar-refractivity contribution >= 4 is 17.2 Å². The highest BCUT2D eigenvalue weighted by Gasteiger charge is 2.16. The molecular weight excluding hydrogens is 239 g/mol. The largest absolute Gasteiger partial charge is 0.389 e. The van der Waals surface area contributed by atoms with Crippen LogP contribution in [0.25, 0.3) is 5.57 Å². The average Bonchev–Trinajstić information content (AvgIpc) is 2.24. The van der Waals surface area contributed by atoms with E-state index >= 15 is 0 Å². The molecule has 0 aliphatic rings. The minimum atomic E-state index is -0.751. The van der Waals surface area contributed by atoms with Crippen LogP contribution in [-0.2, 0) is 0 Å². The Bertz CT molecular complexity index is 461. The van der Waals surface area contributed by atoms with Gasteiger partial charge in [-0.2, -0.15) is 0 Å². The fourth-order valence-corrected chi connectivity index (χ4v) is 1.99. The maximum atomic E-state index is 13.9. The molecule has 0 aliphatic carbocycles. The summed E-state index contributed by atoms with van der Waals surface area (Å²) < 4.78 is 13.9. The smallest absolute Gasteiger partial charge is 0.149 e. The molecule has 1 atom stereocenters. The second-order valence-corrected chi connectivity index (χ2v) is 4.28. The molecule has 1 N–H and O–H groups in total. The van der Waals surface area contributed by atoms with Gasteiger partial charge in [0.1, 0.15) is 5.82 Å². The van der Waals surface area contributed by atoms with Crippen molar-refractivity contribution in [3.8, 4) is 0 Å². The van der Waals surface area contributed by atoms with Crippen molar-refractivity contribution in [2.75, 3.05) is 0 Å². The molecule has 0 heterocycles. The van der Waals surface area contributed by atoms with Crippen molar-refractivity contribution in [2.24, 2.45) is 0 Å². The van der Waals surface area contributed by atoms with Crippen LogP contribution in [0.1, 0.15) is 26.3 Å². The lowest BCUT2D eigenvalue weighted by molar-refractivity contribution is 0.252. The van der Waals surface area contributed by atoms with Crippen molar-refractivity contribution < 1.29 is 9.50 Å². The highest BCUT2D eigenvalue weighted by atomic mass is 35.5. The number of halogens is 2. The Morgan fingerprint density at radius 3 is 2.65 bits per heavy atom. The van der Waals surface area contributed by atoms with Gasteiger partial charge in [-0.3, -0.25) is 0 Å². The van der Waals surface area contributed by atoms with Crippen LogP contribution in [0.15, 0.2) is 35.9 Å². The lowest BCUT2D eigenvalue weighted by atomic mass is 9.95. The van der Waals surface area contributed by atoms with E-state index in [1.807, 2.05) is 26.0 Å². The molecule has 0 fully saturated rings. The molecule has 17 heavy (non-hydrogen) atoms. The van der Waals surface area contributed by atoms with E-state index < -0.39 is 11.9 Å². The Balaban J connectivity index is 3.44. The number of rotatable bonds is 3. The summed E-state index contributed by atoms with van der Waals surface area (Å²) in [5.41, 5.74) is 1.73. The molecule has 0 aromatic heterocycles. The van der Waals surface area contributed by atoms with Crippen LogP contribution in [0.4, 0.5) is 4.39 Å². The van der Waals surface area contributed by atoms with Crippen LogP contribution in [0.2, 0.25) is 5.02 Å². The molecule has 92 valence electrons. The number of aliphatic hydroxyl groups is 1. The van der Waals surface area contributed by atoms with Gasteiger partial charge in [0.05, 0.1) is 11.1 Å². The van der Waals surface area contributed by atoms with Crippen molar-refractivity contribution in [3.05, 3.63) is 52.3 Å². The fraction of sp³-hybridized carbons (Fsp3) is 0.286. The summed E-state index contributed by atoms with van der Waals surface area (Å²) in [5, 5.41) is 9.84. The summed E-state index contributed by atoms with van der Waals surface area (Å²) in [6.07, 6.45) is 2.93. The van der Waals surface area contributed by atoms with E-state index in [1.54, 1.807) is 19.1 Å². The summed E-state index contributed by atoms with van der Waals surface area (Å²) in [6.45, 7) is 5.32. The molecule has 1 rings (SSSR count). The molecule has 0 aliphatic heterocycles. The lowest BCUT2D eigenvalue weighted by Gasteiger charge is -2.15. The number of benzene rings is 1. The Labute approximate surface area is 106 Å². The van der Waals surface area contributed by atoms with Crippen molar-refractivity contribution in [2.45, 2.75) is 26.9 Å². The topological polar surface area (TPSA) is 20.2 Å². The normalized spacial score (nSPS) is 14.9. The predicted molar refractivity (Wildman–Crippen MR) is 70.5 cm³/mol. The van der Waals surface area contributed by atoms with E-state index in [1.165, 1.54) is 6.07 Å². The Kier molecular flexibility index (Phi) is 4.91. The van der Waals surface area contributed by atoms with Gasteiger partial charge in [-0.1, -0.05) is 35.9 Å². The molecule has 1 nitrogen and oxygen atoms in total. The van der Waals surface area contributed by atoms with Gasteiger partial charge in [0.2, 0.25) is 0 Å². The van der Waals surface area contributed by atoms with Crippen molar-refractivity contribution in [1.82, 2.24) is 0 Å². The van der Waals surface area contributed by atoms with Crippen LogP contribution in [0, 0.1) is 5.82 Å². The first-order valence-electron chi connectivity index (χ1n) is 5.45. The van der Waals surface area contributed by atoms with Gasteiger partial charge in [-0.15, -0.1) is 0 Å². The first-order chi connectivity index (χ1) is 7.99. The summed E-state index contributed by atoms with van der Waals surface area (Å²) in [6, 6.07) is 4.79. The highest BCUT2D eigenvalue weighted by Crippen LogP contribution is 2.29. The second-order valence-electron chi connectivity index (χ2n) is 3.87. The lowest BCUT2D eigenvalue weighted by Crippen LogP contribution is -2.07. The molecule has 1 unspecified atom stereocenters. The molecule has 0 radical (unpaired) electrons. The van der Waals surface area contributed by atoms with Crippen LogP contribution in [-0.4, -0.2) is 11.2 Å². The summed E-state index contributed by atoms with van der Waals surface area (Å²) in [7, 11) is 0. The SMILES string of the molecule is CC=CC(C)=C(c1cccc(Cl)c1F)C(C)O. The highest BCUT2D eigenvalue weighted by molar-refractivity contribution is 6.30. The van der Waals surface area contributed by atoms with E-state index in [4.69, 9.17) is 11.6 Å². The van der Waals surface area contributed by atoms with E-state index in [-0.39, 0.29) is 5.02 Å². The third-order valence-electron chi connectivity index (χ3n) is 2.50. The van der Waals surface area contributed by atoms with Gasteiger partial charge in [0, 0.05) is 5.56 Å². The molecular formula is C14H16ClFO. The number of allylic oxidation sites excluding steroid dienone is 3. The third kappa shape index (κ3) is 3.18. The molecule has 3 heteroatoms. The second kappa shape index (κ2) is 5.99.